The minimum Gasteiger partial charge on any atom is -0.385 e. The fourth-order valence-corrected chi connectivity index (χ4v) is 1.72. The largest absolute Gasteiger partial charge is 0.385 e. The highest BCUT2D eigenvalue weighted by atomic mass is 16.5. The lowest BCUT2D eigenvalue weighted by molar-refractivity contribution is -0.131. The molecule has 0 spiro atoms. The Labute approximate surface area is 85.6 Å². The summed E-state index contributed by atoms with van der Waals surface area (Å²) in [6.45, 7) is 2.63. The number of carbonyl (C=O) groups excluding carboxylic acids is 1. The predicted molar refractivity (Wildman–Crippen MR) is 55.2 cm³/mol. The van der Waals surface area contributed by atoms with E-state index in [-0.39, 0.29) is 5.91 Å². The molecule has 0 aliphatic carbocycles. The van der Waals surface area contributed by atoms with Gasteiger partial charge in [0.2, 0.25) is 5.91 Å². The van der Waals surface area contributed by atoms with Gasteiger partial charge in [0, 0.05) is 39.8 Å². The summed E-state index contributed by atoms with van der Waals surface area (Å²) in [6.07, 6.45) is 2.49. The highest BCUT2D eigenvalue weighted by Gasteiger charge is 2.22. The Morgan fingerprint density at radius 2 is 2.43 bits per heavy atom. The average molecular weight is 200 g/mol. The molecule has 0 aromatic carbocycles. The summed E-state index contributed by atoms with van der Waals surface area (Å²) < 4.78 is 4.91. The number of nitrogens with one attached hydrogen (secondary N) is 1. The van der Waals surface area contributed by atoms with E-state index in [9.17, 15) is 4.79 Å². The molecule has 1 N–H and O–H groups in total. The molecule has 1 amide bonds. The summed E-state index contributed by atoms with van der Waals surface area (Å²) in [6, 6.07) is 0.394. The van der Waals surface area contributed by atoms with Gasteiger partial charge < -0.3 is 15.0 Å². The number of carbonyl (C=O) groups is 1. The first kappa shape index (κ1) is 11.5. The Hall–Kier alpha value is -0.610. The topological polar surface area (TPSA) is 41.6 Å². The first-order valence-corrected chi connectivity index (χ1v) is 5.21. The van der Waals surface area contributed by atoms with Gasteiger partial charge in [-0.15, -0.1) is 0 Å². The molecule has 0 aromatic rings. The number of likely N-dealkylation sites (N-methyl/N-ethyl adjacent to an activating group) is 1. The molecule has 4 nitrogen and oxygen atoms in total. The molecular weight excluding hydrogens is 180 g/mol. The molecule has 0 radical (unpaired) electrons. The molecule has 1 atom stereocenters. The van der Waals surface area contributed by atoms with Crippen LogP contribution in [0.3, 0.4) is 0 Å². The highest BCUT2D eigenvalue weighted by Crippen LogP contribution is 2.08. The third-order valence-corrected chi connectivity index (χ3v) is 2.71. The van der Waals surface area contributed by atoms with E-state index in [0.717, 1.165) is 25.9 Å². The fourth-order valence-electron chi connectivity index (χ4n) is 1.72. The summed E-state index contributed by atoms with van der Waals surface area (Å²) in [5.74, 6) is 0.232. The third-order valence-electron chi connectivity index (χ3n) is 2.71. The molecule has 4 heteroatoms. The van der Waals surface area contributed by atoms with E-state index in [1.165, 1.54) is 0 Å². The van der Waals surface area contributed by atoms with Gasteiger partial charge in [-0.2, -0.15) is 0 Å². The van der Waals surface area contributed by atoms with Crippen molar-refractivity contribution in [2.45, 2.75) is 25.3 Å². The van der Waals surface area contributed by atoms with Crippen LogP contribution in [0.25, 0.3) is 0 Å². The van der Waals surface area contributed by atoms with E-state index in [4.69, 9.17) is 4.74 Å². The summed E-state index contributed by atoms with van der Waals surface area (Å²) in [4.78, 5) is 13.5. The number of amides is 1. The van der Waals surface area contributed by atoms with Gasteiger partial charge in [-0.25, -0.2) is 0 Å². The Bertz CT molecular complexity index is 179. The maximum atomic E-state index is 11.6. The quantitative estimate of drug-likeness (QED) is 0.646. The van der Waals surface area contributed by atoms with Crippen molar-refractivity contribution in [2.75, 3.05) is 33.9 Å². The molecule has 1 fully saturated rings. The monoisotopic (exact) mass is 200 g/mol. The molecule has 1 aliphatic heterocycles. The Balaban J connectivity index is 2.21. The number of hydrogen-bond donors (Lipinski definition) is 1. The molecule has 14 heavy (non-hydrogen) atoms. The van der Waals surface area contributed by atoms with Crippen LogP contribution < -0.4 is 5.32 Å². The zero-order valence-corrected chi connectivity index (χ0v) is 9.08. The Morgan fingerprint density at radius 1 is 1.64 bits per heavy atom. The van der Waals surface area contributed by atoms with Crippen molar-refractivity contribution >= 4 is 5.91 Å². The van der Waals surface area contributed by atoms with Gasteiger partial charge in [-0.05, 0) is 19.4 Å². The minimum absolute atomic E-state index is 0.232. The summed E-state index contributed by atoms with van der Waals surface area (Å²) >= 11 is 0. The fraction of sp³-hybridized carbons (Fsp3) is 0.900. The second-order valence-corrected chi connectivity index (χ2v) is 3.75. The van der Waals surface area contributed by atoms with Gasteiger partial charge in [0.15, 0.2) is 0 Å². The van der Waals surface area contributed by atoms with Crippen LogP contribution >= 0.6 is 0 Å². The second-order valence-electron chi connectivity index (χ2n) is 3.75. The maximum absolute atomic E-state index is 11.6. The molecule has 82 valence electrons. The maximum Gasteiger partial charge on any atom is 0.222 e. The summed E-state index contributed by atoms with van der Waals surface area (Å²) in [7, 11) is 3.56. The predicted octanol–water partition coefficient (Wildman–Crippen LogP) is 0.233. The lowest BCUT2D eigenvalue weighted by Crippen LogP contribution is -2.38. The first-order chi connectivity index (χ1) is 6.75. The van der Waals surface area contributed by atoms with Crippen molar-refractivity contribution in [1.29, 1.82) is 0 Å². The van der Waals surface area contributed by atoms with E-state index in [1.807, 2.05) is 11.9 Å². The number of ether oxygens (including phenoxy) is 1. The average Bonchev–Trinajstić information content (AvgIpc) is 2.69. The van der Waals surface area contributed by atoms with Crippen molar-refractivity contribution < 1.29 is 9.53 Å². The highest BCUT2D eigenvalue weighted by molar-refractivity contribution is 5.76. The van der Waals surface area contributed by atoms with E-state index < -0.39 is 0 Å². The Kier molecular flexibility index (Phi) is 4.90. The number of rotatable bonds is 5. The van der Waals surface area contributed by atoms with Gasteiger partial charge >= 0.3 is 0 Å². The van der Waals surface area contributed by atoms with Gasteiger partial charge in [-0.3, -0.25) is 4.79 Å². The second kappa shape index (κ2) is 5.98. The smallest absolute Gasteiger partial charge is 0.222 e. The van der Waals surface area contributed by atoms with Crippen LogP contribution in [0, 0.1) is 0 Å². The van der Waals surface area contributed by atoms with Crippen molar-refractivity contribution in [3.05, 3.63) is 0 Å². The van der Waals surface area contributed by atoms with Gasteiger partial charge in [0.05, 0.1) is 0 Å². The van der Waals surface area contributed by atoms with Crippen LogP contribution in [-0.4, -0.2) is 50.7 Å². The van der Waals surface area contributed by atoms with Gasteiger partial charge in [0.25, 0.3) is 0 Å². The standard InChI is InChI=1S/C10H20N2O2/c1-12(9-5-6-11-8-9)10(13)4-3-7-14-2/h9,11H,3-8H2,1-2H3. The normalized spacial score (nSPS) is 21.1. The number of methoxy groups -OCH3 is 1. The Morgan fingerprint density at radius 3 is 3.00 bits per heavy atom. The van der Waals surface area contributed by atoms with Crippen LogP contribution in [0.1, 0.15) is 19.3 Å². The van der Waals surface area contributed by atoms with Gasteiger partial charge in [-0.1, -0.05) is 0 Å². The number of hydrogen-bond acceptors (Lipinski definition) is 3. The molecule has 0 saturated carbocycles. The minimum atomic E-state index is 0.232. The van der Waals surface area contributed by atoms with Crippen molar-refractivity contribution in [1.82, 2.24) is 10.2 Å². The van der Waals surface area contributed by atoms with E-state index >= 15 is 0 Å². The van der Waals surface area contributed by atoms with Crippen LogP contribution in [0.15, 0.2) is 0 Å². The first-order valence-electron chi connectivity index (χ1n) is 5.21. The molecule has 0 aromatic heterocycles. The molecule has 1 heterocycles. The zero-order valence-electron chi connectivity index (χ0n) is 9.08. The van der Waals surface area contributed by atoms with Crippen LogP contribution in [0.4, 0.5) is 0 Å². The lowest BCUT2D eigenvalue weighted by atomic mass is 10.2. The molecule has 1 aliphatic rings. The van der Waals surface area contributed by atoms with E-state index in [2.05, 4.69) is 5.32 Å². The van der Waals surface area contributed by atoms with Crippen molar-refractivity contribution in [3.8, 4) is 0 Å². The van der Waals surface area contributed by atoms with Crippen LogP contribution in [-0.2, 0) is 9.53 Å². The van der Waals surface area contributed by atoms with Crippen molar-refractivity contribution in [2.24, 2.45) is 0 Å². The third kappa shape index (κ3) is 3.27. The SMILES string of the molecule is COCCCC(=O)N(C)C1CCNC1. The molecular formula is C10H20N2O2. The lowest BCUT2D eigenvalue weighted by Gasteiger charge is -2.23. The molecule has 1 saturated heterocycles. The van der Waals surface area contributed by atoms with Crippen molar-refractivity contribution in [3.63, 3.8) is 0 Å². The van der Waals surface area contributed by atoms with Crippen LogP contribution in [0.2, 0.25) is 0 Å². The van der Waals surface area contributed by atoms with E-state index in [0.29, 0.717) is 19.1 Å². The van der Waals surface area contributed by atoms with Gasteiger partial charge in [0.1, 0.15) is 0 Å². The summed E-state index contributed by atoms with van der Waals surface area (Å²) in [5, 5.41) is 3.26. The number of nitrogens with zero attached hydrogens (tertiary/aromatic N) is 1. The summed E-state index contributed by atoms with van der Waals surface area (Å²) in [5.41, 5.74) is 0. The van der Waals surface area contributed by atoms with Crippen LogP contribution in [0.5, 0.6) is 0 Å². The molecule has 0 bridgehead atoms. The van der Waals surface area contributed by atoms with E-state index in [1.54, 1.807) is 7.11 Å². The molecule has 1 rings (SSSR count). The zero-order chi connectivity index (χ0) is 10.4. The molecule has 1 unspecified atom stereocenters.